The van der Waals surface area contributed by atoms with E-state index < -0.39 is 15.9 Å². The fourth-order valence-electron chi connectivity index (χ4n) is 2.49. The molecule has 0 aliphatic carbocycles. The predicted octanol–water partition coefficient (Wildman–Crippen LogP) is 3.60. The van der Waals surface area contributed by atoms with Gasteiger partial charge in [0.25, 0.3) is 0 Å². The lowest BCUT2D eigenvalue weighted by atomic mass is 10.0. The lowest BCUT2D eigenvalue weighted by Crippen LogP contribution is -2.09. The van der Waals surface area contributed by atoms with Crippen LogP contribution in [0.1, 0.15) is 17.2 Å². The Morgan fingerprint density at radius 3 is 1.87 bits per heavy atom. The van der Waals surface area contributed by atoms with Gasteiger partial charge in [-0.2, -0.15) is 0 Å². The second kappa shape index (κ2) is 6.36. The molecule has 1 atom stereocenters. The topological polar surface area (TPSA) is 54.4 Å². The van der Waals surface area contributed by atoms with Gasteiger partial charge in [0.2, 0.25) is 9.84 Å². The van der Waals surface area contributed by atoms with E-state index in [0.717, 1.165) is 0 Å². The summed E-state index contributed by atoms with van der Waals surface area (Å²) in [5, 5.41) is 10.6. The van der Waals surface area contributed by atoms with Crippen LogP contribution in [0.5, 0.6) is 0 Å². The molecule has 3 aromatic carbocycles. The van der Waals surface area contributed by atoms with Crippen LogP contribution in [-0.2, 0) is 9.84 Å². The largest absolute Gasteiger partial charge is 0.384 e. The summed E-state index contributed by atoms with van der Waals surface area (Å²) in [5.41, 5.74) is 1.03. The van der Waals surface area contributed by atoms with Gasteiger partial charge in [0, 0.05) is 5.56 Å². The zero-order valence-electron chi connectivity index (χ0n) is 12.3. The fourth-order valence-corrected chi connectivity index (χ4v) is 4.01. The van der Waals surface area contributed by atoms with Crippen molar-refractivity contribution in [1.82, 2.24) is 0 Å². The van der Waals surface area contributed by atoms with Crippen molar-refractivity contribution < 1.29 is 13.5 Å². The third-order valence-corrected chi connectivity index (χ3v) is 5.52. The van der Waals surface area contributed by atoms with Crippen LogP contribution in [0.15, 0.2) is 94.7 Å². The van der Waals surface area contributed by atoms with Gasteiger partial charge in [-0.05, 0) is 23.8 Å². The van der Waals surface area contributed by atoms with Gasteiger partial charge >= 0.3 is 0 Å². The van der Waals surface area contributed by atoms with Crippen LogP contribution in [0.3, 0.4) is 0 Å². The molecule has 0 aliphatic rings. The Morgan fingerprint density at radius 1 is 0.696 bits per heavy atom. The van der Waals surface area contributed by atoms with Crippen molar-refractivity contribution in [2.45, 2.75) is 15.9 Å². The first-order valence-corrected chi connectivity index (χ1v) is 8.71. The van der Waals surface area contributed by atoms with Gasteiger partial charge in [-0.1, -0.05) is 66.7 Å². The summed E-state index contributed by atoms with van der Waals surface area (Å²) in [6, 6.07) is 23.8. The predicted molar refractivity (Wildman–Crippen MR) is 88.8 cm³/mol. The Labute approximate surface area is 135 Å². The number of benzene rings is 3. The Morgan fingerprint density at radius 2 is 1.22 bits per heavy atom. The molecule has 4 heteroatoms. The number of aliphatic hydroxyl groups excluding tert-OH is 1. The summed E-state index contributed by atoms with van der Waals surface area (Å²) in [5.74, 6) is 0. The highest BCUT2D eigenvalue weighted by Crippen LogP contribution is 2.31. The molecule has 3 aromatic rings. The van der Waals surface area contributed by atoms with Crippen LogP contribution >= 0.6 is 0 Å². The van der Waals surface area contributed by atoms with Crippen LogP contribution in [0.2, 0.25) is 0 Å². The van der Waals surface area contributed by atoms with Crippen molar-refractivity contribution in [2.75, 3.05) is 0 Å². The van der Waals surface area contributed by atoms with Gasteiger partial charge in [-0.3, -0.25) is 0 Å². The maximum atomic E-state index is 12.9. The van der Waals surface area contributed by atoms with Crippen molar-refractivity contribution in [1.29, 1.82) is 0 Å². The van der Waals surface area contributed by atoms with Gasteiger partial charge < -0.3 is 5.11 Å². The quantitative estimate of drug-likeness (QED) is 0.798. The van der Waals surface area contributed by atoms with Gasteiger partial charge in [0.1, 0.15) is 6.10 Å². The van der Waals surface area contributed by atoms with Crippen molar-refractivity contribution >= 4 is 9.84 Å². The summed E-state index contributed by atoms with van der Waals surface area (Å²) in [6.45, 7) is 0. The Kier molecular flexibility index (Phi) is 4.28. The zero-order chi connectivity index (χ0) is 16.3. The van der Waals surface area contributed by atoms with E-state index in [-0.39, 0.29) is 9.79 Å². The van der Waals surface area contributed by atoms with Crippen molar-refractivity contribution in [3.8, 4) is 0 Å². The Hall–Kier alpha value is -2.43. The monoisotopic (exact) mass is 324 g/mol. The SMILES string of the molecule is O=S(=O)(c1ccccc1)c1ccccc1[C@H](O)c1ccccc1. The van der Waals surface area contributed by atoms with Crippen LogP contribution in [0, 0.1) is 0 Å². The summed E-state index contributed by atoms with van der Waals surface area (Å²) in [4.78, 5) is 0.343. The number of hydrogen-bond donors (Lipinski definition) is 1. The minimum atomic E-state index is -3.68. The molecule has 0 amide bonds. The number of hydrogen-bond acceptors (Lipinski definition) is 3. The lowest BCUT2D eigenvalue weighted by molar-refractivity contribution is 0.217. The van der Waals surface area contributed by atoms with Crippen LogP contribution < -0.4 is 0 Å². The van der Waals surface area contributed by atoms with E-state index in [9.17, 15) is 13.5 Å². The highest BCUT2D eigenvalue weighted by molar-refractivity contribution is 7.91. The molecular weight excluding hydrogens is 308 g/mol. The minimum absolute atomic E-state index is 0.127. The molecule has 0 saturated carbocycles. The van der Waals surface area contributed by atoms with E-state index in [0.29, 0.717) is 11.1 Å². The van der Waals surface area contributed by atoms with E-state index in [2.05, 4.69) is 0 Å². The number of rotatable bonds is 4. The maximum absolute atomic E-state index is 12.9. The van der Waals surface area contributed by atoms with Crippen molar-refractivity contribution in [3.63, 3.8) is 0 Å². The normalized spacial score (nSPS) is 12.7. The Balaban J connectivity index is 2.12. The Bertz CT molecular complexity index is 888. The molecular formula is C19H16O3S. The molecule has 1 N–H and O–H groups in total. The second-order valence-electron chi connectivity index (χ2n) is 5.17. The van der Waals surface area contributed by atoms with Crippen LogP contribution in [0.4, 0.5) is 0 Å². The second-order valence-corrected chi connectivity index (χ2v) is 7.09. The molecule has 0 spiro atoms. The first-order valence-electron chi connectivity index (χ1n) is 7.23. The first kappa shape index (κ1) is 15.5. The summed E-state index contributed by atoms with van der Waals surface area (Å²) >= 11 is 0. The molecule has 3 rings (SSSR count). The molecule has 0 aliphatic heterocycles. The average molecular weight is 324 g/mol. The number of aliphatic hydroxyl groups is 1. The molecule has 0 heterocycles. The van der Waals surface area contributed by atoms with Crippen molar-refractivity contribution in [3.05, 3.63) is 96.1 Å². The highest BCUT2D eigenvalue weighted by Gasteiger charge is 2.24. The third-order valence-electron chi connectivity index (χ3n) is 3.67. The van der Waals surface area contributed by atoms with E-state index >= 15 is 0 Å². The molecule has 23 heavy (non-hydrogen) atoms. The van der Waals surface area contributed by atoms with E-state index in [1.807, 2.05) is 18.2 Å². The van der Waals surface area contributed by atoms with E-state index in [1.165, 1.54) is 6.07 Å². The molecule has 0 radical (unpaired) electrons. The summed E-state index contributed by atoms with van der Waals surface area (Å²) < 4.78 is 25.8. The molecule has 0 unspecified atom stereocenters. The smallest absolute Gasteiger partial charge is 0.206 e. The van der Waals surface area contributed by atoms with Gasteiger partial charge in [-0.25, -0.2) is 8.42 Å². The lowest BCUT2D eigenvalue weighted by Gasteiger charge is -2.16. The zero-order valence-corrected chi connectivity index (χ0v) is 13.1. The minimum Gasteiger partial charge on any atom is -0.384 e. The first-order chi connectivity index (χ1) is 11.1. The molecule has 0 saturated heterocycles. The van der Waals surface area contributed by atoms with Gasteiger partial charge in [-0.15, -0.1) is 0 Å². The van der Waals surface area contributed by atoms with E-state index in [1.54, 1.807) is 60.7 Å². The molecule has 3 nitrogen and oxygen atoms in total. The van der Waals surface area contributed by atoms with Crippen molar-refractivity contribution in [2.24, 2.45) is 0 Å². The van der Waals surface area contributed by atoms with E-state index in [4.69, 9.17) is 0 Å². The summed E-state index contributed by atoms with van der Waals surface area (Å²) in [6.07, 6.45) is -0.995. The molecule has 0 bridgehead atoms. The average Bonchev–Trinajstić information content (AvgIpc) is 2.62. The molecule has 0 fully saturated rings. The van der Waals surface area contributed by atoms with Gasteiger partial charge in [0.05, 0.1) is 9.79 Å². The number of sulfone groups is 1. The maximum Gasteiger partial charge on any atom is 0.206 e. The molecule has 0 aromatic heterocycles. The third kappa shape index (κ3) is 3.04. The van der Waals surface area contributed by atoms with Crippen LogP contribution in [0.25, 0.3) is 0 Å². The standard InChI is InChI=1S/C19H16O3S/c20-19(15-9-3-1-4-10-15)17-13-7-8-14-18(17)23(21,22)16-11-5-2-6-12-16/h1-14,19-20H/t19-/m1/s1. The van der Waals surface area contributed by atoms with Gasteiger partial charge in [0.15, 0.2) is 0 Å². The highest BCUT2D eigenvalue weighted by atomic mass is 32.2. The summed E-state index contributed by atoms with van der Waals surface area (Å²) in [7, 11) is -3.68. The molecule has 116 valence electrons. The van der Waals surface area contributed by atoms with Crippen LogP contribution in [-0.4, -0.2) is 13.5 Å². The fraction of sp³-hybridized carbons (Fsp3) is 0.0526.